The second kappa shape index (κ2) is 4.31. The van der Waals surface area contributed by atoms with Crippen molar-refractivity contribution < 1.29 is 20.1 Å². The lowest BCUT2D eigenvalue weighted by atomic mass is 9.73. The van der Waals surface area contributed by atoms with Crippen LogP contribution in [-0.4, -0.2) is 51.1 Å². The predicted molar refractivity (Wildman–Crippen MR) is 58.9 cm³/mol. The van der Waals surface area contributed by atoms with Gasteiger partial charge in [0.2, 0.25) is 0 Å². The van der Waals surface area contributed by atoms with Crippen LogP contribution in [0.2, 0.25) is 0 Å². The molecule has 94 valence electrons. The Hall–Kier alpha value is -0.650. The molecule has 0 amide bonds. The molecule has 0 aromatic carbocycles. The van der Waals surface area contributed by atoms with E-state index in [4.69, 9.17) is 15.3 Å². The number of hydrogen-bond acceptors (Lipinski definition) is 4. The first-order chi connectivity index (χ1) is 7.20. The number of aliphatic carboxylic acids is 1. The van der Waals surface area contributed by atoms with E-state index in [-0.39, 0.29) is 5.54 Å². The molecule has 5 heteroatoms. The molecule has 0 radical (unpaired) electrons. The molecular weight excluding hydrogens is 210 g/mol. The van der Waals surface area contributed by atoms with Crippen molar-refractivity contribution in [2.75, 3.05) is 13.1 Å². The number of aliphatic hydroxyl groups is 2. The molecule has 0 bridgehead atoms. The smallest absolute Gasteiger partial charge is 0.308 e. The summed E-state index contributed by atoms with van der Waals surface area (Å²) in [5.41, 5.74) is -0.778. The predicted octanol–water partition coefficient (Wildman–Crippen LogP) is 0.262. The Morgan fingerprint density at radius 1 is 1.25 bits per heavy atom. The van der Waals surface area contributed by atoms with Crippen molar-refractivity contribution in [1.29, 1.82) is 0 Å². The minimum absolute atomic E-state index is 0.194. The fraction of sp³-hybridized carbons (Fsp3) is 0.909. The zero-order chi connectivity index (χ0) is 12.6. The van der Waals surface area contributed by atoms with Crippen molar-refractivity contribution in [3.8, 4) is 0 Å². The number of carboxylic acids is 1. The maximum atomic E-state index is 10.0. The fourth-order valence-electron chi connectivity index (χ4n) is 1.77. The highest BCUT2D eigenvalue weighted by molar-refractivity contribution is 5.72. The molecule has 2 fully saturated rings. The van der Waals surface area contributed by atoms with E-state index in [9.17, 15) is 4.79 Å². The van der Waals surface area contributed by atoms with Gasteiger partial charge in [0, 0.05) is 13.1 Å². The fourth-order valence-corrected chi connectivity index (χ4v) is 1.77. The van der Waals surface area contributed by atoms with E-state index < -0.39 is 17.7 Å². The number of aliphatic hydroxyl groups excluding tert-OH is 1. The Bertz CT molecular complexity index is 258. The van der Waals surface area contributed by atoms with Crippen LogP contribution in [0.25, 0.3) is 0 Å². The normalized spacial score (nSPS) is 22.4. The van der Waals surface area contributed by atoms with Gasteiger partial charge in [0.15, 0.2) is 6.29 Å². The van der Waals surface area contributed by atoms with Gasteiger partial charge in [0.05, 0.1) is 11.0 Å². The maximum absolute atomic E-state index is 10.0. The summed E-state index contributed by atoms with van der Waals surface area (Å²) in [4.78, 5) is 12.1. The lowest BCUT2D eigenvalue weighted by molar-refractivity contribution is -0.241. The summed E-state index contributed by atoms with van der Waals surface area (Å²) >= 11 is 0. The maximum Gasteiger partial charge on any atom is 0.308 e. The first-order valence-corrected chi connectivity index (χ1v) is 5.55. The van der Waals surface area contributed by atoms with E-state index in [1.54, 1.807) is 20.8 Å². The average Bonchev–Trinajstić information content (AvgIpc) is 2.09. The highest BCUT2D eigenvalue weighted by Crippen LogP contribution is 2.44. The molecule has 5 nitrogen and oxygen atoms in total. The van der Waals surface area contributed by atoms with Crippen LogP contribution in [0.15, 0.2) is 0 Å². The van der Waals surface area contributed by atoms with Gasteiger partial charge in [-0.15, -0.1) is 0 Å². The van der Waals surface area contributed by atoms with E-state index >= 15 is 0 Å². The molecule has 16 heavy (non-hydrogen) atoms. The van der Waals surface area contributed by atoms with Gasteiger partial charge in [-0.05, 0) is 33.6 Å². The van der Waals surface area contributed by atoms with Crippen LogP contribution in [0.5, 0.6) is 0 Å². The van der Waals surface area contributed by atoms with Crippen LogP contribution in [-0.2, 0) is 4.79 Å². The number of rotatable bonds is 1. The van der Waals surface area contributed by atoms with Crippen molar-refractivity contribution in [2.24, 2.45) is 5.41 Å². The van der Waals surface area contributed by atoms with E-state index in [0.29, 0.717) is 0 Å². The van der Waals surface area contributed by atoms with Crippen molar-refractivity contribution in [1.82, 2.24) is 4.90 Å². The van der Waals surface area contributed by atoms with E-state index in [2.05, 4.69) is 4.90 Å². The van der Waals surface area contributed by atoms with Crippen molar-refractivity contribution >= 4 is 5.97 Å². The summed E-state index contributed by atoms with van der Waals surface area (Å²) < 4.78 is 0. The molecular formula is C11H21NO4. The first kappa shape index (κ1) is 13.4. The van der Waals surface area contributed by atoms with Gasteiger partial charge in [-0.2, -0.15) is 0 Å². The zero-order valence-corrected chi connectivity index (χ0v) is 10.1. The van der Waals surface area contributed by atoms with Crippen molar-refractivity contribution in [2.45, 2.75) is 45.4 Å². The summed E-state index contributed by atoms with van der Waals surface area (Å²) in [6.07, 6.45) is 0.815. The minimum atomic E-state index is -1.11. The largest absolute Gasteiger partial charge is 0.481 e. The van der Waals surface area contributed by atoms with Crippen LogP contribution < -0.4 is 0 Å². The number of piperidine rings is 1. The summed E-state index contributed by atoms with van der Waals surface area (Å²) in [6.45, 7) is 7.09. The standard InChI is InChI=1S/C6H11NO2.C5H10O2/c8-5(9)6-1-3-7(6)4-2-6;1-5(2,3)4(6)7/h5,8-9H,1-4H2;1-3H3,(H,6,7). The monoisotopic (exact) mass is 231 g/mol. The lowest BCUT2D eigenvalue weighted by Crippen LogP contribution is -2.74. The number of carbonyl (C=O) groups is 1. The molecule has 0 atom stereocenters. The Kier molecular flexibility index (Phi) is 3.62. The molecule has 2 aliphatic rings. The Morgan fingerprint density at radius 3 is 1.62 bits per heavy atom. The van der Waals surface area contributed by atoms with Gasteiger partial charge in [0.25, 0.3) is 0 Å². The molecule has 2 aliphatic heterocycles. The third kappa shape index (κ3) is 2.36. The molecule has 2 saturated heterocycles. The highest BCUT2D eigenvalue weighted by atomic mass is 16.5. The van der Waals surface area contributed by atoms with Gasteiger partial charge in [-0.3, -0.25) is 9.69 Å². The molecule has 2 heterocycles. The third-order valence-corrected chi connectivity index (χ3v) is 3.38. The Balaban J connectivity index is 0.000000168. The topological polar surface area (TPSA) is 81.0 Å². The van der Waals surface area contributed by atoms with Crippen LogP contribution in [0, 0.1) is 5.41 Å². The van der Waals surface area contributed by atoms with Gasteiger partial charge < -0.3 is 15.3 Å². The summed E-state index contributed by atoms with van der Waals surface area (Å²) in [5.74, 6) is -0.757. The second-order valence-corrected chi connectivity index (χ2v) is 5.52. The SMILES string of the molecule is CC(C)(C)C(=O)O.OC(O)C12CCN1CC2. The summed E-state index contributed by atoms with van der Waals surface area (Å²) in [6, 6.07) is 0. The van der Waals surface area contributed by atoms with Crippen molar-refractivity contribution in [3.05, 3.63) is 0 Å². The molecule has 2 rings (SSSR count). The third-order valence-electron chi connectivity index (χ3n) is 3.38. The van der Waals surface area contributed by atoms with Crippen LogP contribution in [0.3, 0.4) is 0 Å². The van der Waals surface area contributed by atoms with Gasteiger partial charge >= 0.3 is 5.97 Å². The van der Waals surface area contributed by atoms with Crippen LogP contribution in [0.1, 0.15) is 33.6 Å². The Labute approximate surface area is 95.7 Å². The summed E-state index contributed by atoms with van der Waals surface area (Å²) in [7, 11) is 0. The molecule has 0 aromatic heterocycles. The average molecular weight is 231 g/mol. The van der Waals surface area contributed by atoms with Crippen LogP contribution in [0.4, 0.5) is 0 Å². The van der Waals surface area contributed by atoms with Gasteiger partial charge in [-0.25, -0.2) is 0 Å². The van der Waals surface area contributed by atoms with Crippen LogP contribution >= 0.6 is 0 Å². The molecule has 0 unspecified atom stereocenters. The number of nitrogens with zero attached hydrogens (tertiary/aromatic N) is 1. The number of hydrogen-bond donors (Lipinski definition) is 3. The highest BCUT2D eigenvalue weighted by Gasteiger charge is 2.55. The lowest BCUT2D eigenvalue weighted by Gasteiger charge is -2.62. The van der Waals surface area contributed by atoms with Gasteiger partial charge in [-0.1, -0.05) is 0 Å². The molecule has 0 spiro atoms. The second-order valence-electron chi connectivity index (χ2n) is 5.52. The van der Waals surface area contributed by atoms with E-state index in [1.165, 1.54) is 0 Å². The first-order valence-electron chi connectivity index (χ1n) is 5.55. The van der Waals surface area contributed by atoms with E-state index in [0.717, 1.165) is 25.9 Å². The Morgan fingerprint density at radius 2 is 1.62 bits per heavy atom. The number of carboxylic acid groups (broad SMARTS) is 1. The molecule has 0 saturated carbocycles. The summed E-state index contributed by atoms with van der Waals surface area (Å²) in [5, 5.41) is 26.0. The van der Waals surface area contributed by atoms with Crippen molar-refractivity contribution in [3.63, 3.8) is 0 Å². The quantitative estimate of drug-likeness (QED) is 0.564. The van der Waals surface area contributed by atoms with E-state index in [1.807, 2.05) is 0 Å². The molecule has 0 aromatic rings. The number of fused-ring (bicyclic) bond motifs is 1. The minimum Gasteiger partial charge on any atom is -0.481 e. The molecule has 3 N–H and O–H groups in total. The van der Waals surface area contributed by atoms with Gasteiger partial charge in [0.1, 0.15) is 0 Å². The molecule has 0 aliphatic carbocycles. The zero-order valence-electron chi connectivity index (χ0n) is 10.1.